The molecule has 0 amide bonds. The highest BCUT2D eigenvalue weighted by Crippen LogP contribution is 2.46. The second kappa shape index (κ2) is 7.78. The number of halogens is 1. The van der Waals surface area contributed by atoms with Crippen LogP contribution in [0.1, 0.15) is 37.4 Å². The highest BCUT2D eigenvalue weighted by Gasteiger charge is 2.45. The van der Waals surface area contributed by atoms with Crippen LogP contribution in [0.5, 0.6) is 5.75 Å². The number of aromatic nitrogens is 3. The van der Waals surface area contributed by atoms with Crippen LogP contribution in [0.2, 0.25) is 0 Å². The number of hydrogen-bond acceptors (Lipinski definition) is 6. The van der Waals surface area contributed by atoms with E-state index in [0.29, 0.717) is 28.8 Å². The molecule has 2 aliphatic rings. The van der Waals surface area contributed by atoms with Gasteiger partial charge in [-0.15, -0.1) is 5.10 Å². The molecule has 5 rings (SSSR count). The van der Waals surface area contributed by atoms with Crippen LogP contribution in [-0.4, -0.2) is 25.7 Å². The Balaban J connectivity index is 1.55. The molecule has 32 heavy (non-hydrogen) atoms. The van der Waals surface area contributed by atoms with Crippen molar-refractivity contribution in [2.75, 3.05) is 5.32 Å². The molecule has 3 aromatic rings. The standard InChI is InChI=1S/C24H23FN4O2S/c1-24(2)11-18-20(19(31)12-24)21(14-7-5-8-16(30)10-14)29-22(26-18)27-23(28-29)32-13-15-6-3-4-9-17(15)25/h3-11,20-21,30H,12-13H2,1-2H3,(H,26,27,28)/t20-,21-/m1/s1. The molecule has 0 fully saturated rings. The van der Waals surface area contributed by atoms with Gasteiger partial charge in [0.15, 0.2) is 0 Å². The number of carbonyl (C=O) groups is 1. The first-order valence-corrected chi connectivity index (χ1v) is 11.4. The Morgan fingerprint density at radius 2 is 2.06 bits per heavy atom. The first-order chi connectivity index (χ1) is 15.3. The third-order valence-electron chi connectivity index (χ3n) is 5.83. The summed E-state index contributed by atoms with van der Waals surface area (Å²) in [6, 6.07) is 13.1. The number of benzene rings is 2. The maximum Gasteiger partial charge on any atom is 0.227 e. The molecule has 0 saturated heterocycles. The van der Waals surface area contributed by atoms with E-state index in [-0.39, 0.29) is 22.8 Å². The lowest BCUT2D eigenvalue weighted by Gasteiger charge is -2.40. The van der Waals surface area contributed by atoms with Crippen LogP contribution in [0.3, 0.4) is 0 Å². The zero-order chi connectivity index (χ0) is 22.5. The third-order valence-corrected chi connectivity index (χ3v) is 6.72. The number of thioether (sulfide) groups is 1. The van der Waals surface area contributed by atoms with Crippen LogP contribution in [0.25, 0.3) is 0 Å². The van der Waals surface area contributed by atoms with Crippen molar-refractivity contribution in [2.24, 2.45) is 11.3 Å². The molecule has 0 bridgehead atoms. The predicted octanol–water partition coefficient (Wildman–Crippen LogP) is 4.93. The SMILES string of the molecule is CC1(C)C=C2Nc3nc(SCc4ccccc4F)nn3[C@H](c3cccc(O)c3)[C@H]2C(=O)C1. The van der Waals surface area contributed by atoms with Crippen LogP contribution in [0.4, 0.5) is 10.3 Å². The summed E-state index contributed by atoms with van der Waals surface area (Å²) in [5.41, 5.74) is 1.91. The molecule has 2 heterocycles. The number of carbonyl (C=O) groups excluding carboxylic acids is 1. The fourth-order valence-corrected chi connectivity index (χ4v) is 5.28. The second-order valence-electron chi connectivity index (χ2n) is 8.92. The second-order valence-corrected chi connectivity index (χ2v) is 9.86. The predicted molar refractivity (Wildman–Crippen MR) is 121 cm³/mol. The van der Waals surface area contributed by atoms with Crippen molar-refractivity contribution in [1.29, 1.82) is 0 Å². The maximum absolute atomic E-state index is 14.0. The number of allylic oxidation sites excluding steroid dienone is 2. The van der Waals surface area contributed by atoms with Gasteiger partial charge in [0.25, 0.3) is 0 Å². The molecule has 2 N–H and O–H groups in total. The third kappa shape index (κ3) is 3.79. The molecule has 1 aliphatic carbocycles. The summed E-state index contributed by atoms with van der Waals surface area (Å²) in [7, 11) is 0. The summed E-state index contributed by atoms with van der Waals surface area (Å²) in [5, 5.41) is 18.5. The molecule has 0 saturated carbocycles. The Morgan fingerprint density at radius 1 is 1.25 bits per heavy atom. The van der Waals surface area contributed by atoms with Crippen molar-refractivity contribution in [2.45, 2.75) is 37.2 Å². The molecule has 1 aliphatic heterocycles. The number of aromatic hydroxyl groups is 1. The fraction of sp³-hybridized carbons (Fsp3) is 0.292. The van der Waals surface area contributed by atoms with E-state index in [1.807, 2.05) is 19.9 Å². The number of phenolic OH excluding ortho intramolecular Hbond substituents is 1. The minimum atomic E-state index is -0.441. The average molecular weight is 451 g/mol. The number of Topliss-reactive ketones (excluding diaryl/α,β-unsaturated/α-hetero) is 1. The zero-order valence-electron chi connectivity index (χ0n) is 17.7. The van der Waals surface area contributed by atoms with Crippen molar-refractivity contribution in [1.82, 2.24) is 14.8 Å². The number of phenols is 1. The summed E-state index contributed by atoms with van der Waals surface area (Å²) in [6.45, 7) is 4.07. The van der Waals surface area contributed by atoms with E-state index < -0.39 is 12.0 Å². The lowest BCUT2D eigenvalue weighted by Crippen LogP contribution is -2.42. The van der Waals surface area contributed by atoms with Gasteiger partial charge in [0.05, 0.1) is 12.0 Å². The van der Waals surface area contributed by atoms with Gasteiger partial charge in [0, 0.05) is 17.9 Å². The Kier molecular flexibility index (Phi) is 5.04. The summed E-state index contributed by atoms with van der Waals surface area (Å²) >= 11 is 1.34. The molecule has 0 radical (unpaired) electrons. The Morgan fingerprint density at radius 3 is 2.84 bits per heavy atom. The normalized spacial score (nSPS) is 21.3. The minimum Gasteiger partial charge on any atom is -0.508 e. The zero-order valence-corrected chi connectivity index (χ0v) is 18.6. The van der Waals surface area contributed by atoms with Crippen molar-refractivity contribution in [3.05, 3.63) is 77.2 Å². The first-order valence-electron chi connectivity index (χ1n) is 10.4. The van der Waals surface area contributed by atoms with Crippen LogP contribution in [0.15, 0.2) is 65.5 Å². The minimum absolute atomic E-state index is 0.120. The lowest BCUT2D eigenvalue weighted by molar-refractivity contribution is -0.125. The smallest absolute Gasteiger partial charge is 0.227 e. The van der Waals surface area contributed by atoms with Crippen LogP contribution in [-0.2, 0) is 10.5 Å². The molecule has 0 unspecified atom stereocenters. The average Bonchev–Trinajstić information content (AvgIpc) is 3.13. The Labute approximate surface area is 189 Å². The molecule has 1 aromatic heterocycles. The molecule has 8 heteroatoms. The number of nitrogens with zero attached hydrogens (tertiary/aromatic N) is 3. The van der Waals surface area contributed by atoms with E-state index in [1.54, 1.807) is 41.1 Å². The molecule has 0 spiro atoms. The quantitative estimate of drug-likeness (QED) is 0.549. The molecular formula is C24H23FN4O2S. The highest BCUT2D eigenvalue weighted by molar-refractivity contribution is 7.98. The van der Waals surface area contributed by atoms with E-state index in [0.717, 1.165) is 11.3 Å². The lowest BCUT2D eigenvalue weighted by atomic mass is 9.72. The fourth-order valence-electron chi connectivity index (χ4n) is 4.47. The van der Waals surface area contributed by atoms with Crippen LogP contribution < -0.4 is 5.32 Å². The topological polar surface area (TPSA) is 80.0 Å². The Hall–Kier alpha value is -3.13. The van der Waals surface area contributed by atoms with Gasteiger partial charge < -0.3 is 10.4 Å². The van der Waals surface area contributed by atoms with Gasteiger partial charge in [-0.3, -0.25) is 4.79 Å². The molecule has 164 valence electrons. The van der Waals surface area contributed by atoms with E-state index in [4.69, 9.17) is 0 Å². The van der Waals surface area contributed by atoms with E-state index >= 15 is 0 Å². The molecule has 6 nitrogen and oxygen atoms in total. The Bertz CT molecular complexity index is 1240. The summed E-state index contributed by atoms with van der Waals surface area (Å²) in [5.74, 6) is 0.473. The number of hydrogen-bond donors (Lipinski definition) is 2. The summed E-state index contributed by atoms with van der Waals surface area (Å²) in [6.07, 6.45) is 2.52. The van der Waals surface area contributed by atoms with Crippen molar-refractivity contribution in [3.8, 4) is 5.75 Å². The highest BCUT2D eigenvalue weighted by atomic mass is 32.2. The van der Waals surface area contributed by atoms with Gasteiger partial charge in [-0.25, -0.2) is 9.07 Å². The van der Waals surface area contributed by atoms with Crippen molar-refractivity contribution < 1.29 is 14.3 Å². The van der Waals surface area contributed by atoms with Gasteiger partial charge in [-0.05, 0) is 34.7 Å². The van der Waals surface area contributed by atoms with Crippen molar-refractivity contribution >= 4 is 23.5 Å². The van der Waals surface area contributed by atoms with Crippen LogP contribution >= 0.6 is 11.8 Å². The monoisotopic (exact) mass is 450 g/mol. The van der Waals surface area contributed by atoms with Gasteiger partial charge in [0.1, 0.15) is 17.3 Å². The number of anilines is 1. The summed E-state index contributed by atoms with van der Waals surface area (Å²) < 4.78 is 15.7. The van der Waals surface area contributed by atoms with Gasteiger partial charge in [0.2, 0.25) is 11.1 Å². The molecular weight excluding hydrogens is 427 g/mol. The number of fused-ring (bicyclic) bond motifs is 2. The van der Waals surface area contributed by atoms with E-state index in [9.17, 15) is 14.3 Å². The number of nitrogens with one attached hydrogen (secondary N) is 1. The first kappa shape index (κ1) is 20.8. The molecule has 2 atom stereocenters. The van der Waals surface area contributed by atoms with Crippen LogP contribution in [0, 0.1) is 17.2 Å². The van der Waals surface area contributed by atoms with Gasteiger partial charge >= 0.3 is 0 Å². The maximum atomic E-state index is 14.0. The number of ketones is 1. The van der Waals surface area contributed by atoms with Gasteiger partial charge in [-0.2, -0.15) is 4.98 Å². The van der Waals surface area contributed by atoms with Gasteiger partial charge in [-0.1, -0.05) is 62.0 Å². The summed E-state index contributed by atoms with van der Waals surface area (Å²) in [4.78, 5) is 17.9. The van der Waals surface area contributed by atoms with E-state index in [1.165, 1.54) is 17.8 Å². The number of rotatable bonds is 4. The van der Waals surface area contributed by atoms with E-state index in [2.05, 4.69) is 21.5 Å². The largest absolute Gasteiger partial charge is 0.508 e. The molecule has 2 aromatic carbocycles. The van der Waals surface area contributed by atoms with Crippen molar-refractivity contribution in [3.63, 3.8) is 0 Å².